The Hall–Kier alpha value is -1.95. The minimum atomic E-state index is -0.213. The van der Waals surface area contributed by atoms with E-state index in [1.54, 1.807) is 12.0 Å². The summed E-state index contributed by atoms with van der Waals surface area (Å²) < 4.78 is 16.0. The fourth-order valence-electron chi connectivity index (χ4n) is 2.65. The predicted octanol–water partition coefficient (Wildman–Crippen LogP) is 2.37. The van der Waals surface area contributed by atoms with Gasteiger partial charge in [0.25, 0.3) is 0 Å². The molecule has 6 heteroatoms. The average molecular weight is 322 g/mol. The van der Waals surface area contributed by atoms with Gasteiger partial charge >= 0.3 is 6.09 Å². The molecule has 1 aromatic carbocycles. The molecule has 128 valence electrons. The molecule has 6 nitrogen and oxygen atoms in total. The van der Waals surface area contributed by atoms with Gasteiger partial charge in [-0.1, -0.05) is 6.07 Å². The molecule has 2 rings (SSSR count). The lowest BCUT2D eigenvalue weighted by Gasteiger charge is -2.34. The predicted molar refractivity (Wildman–Crippen MR) is 88.0 cm³/mol. The van der Waals surface area contributed by atoms with Crippen molar-refractivity contribution in [3.63, 3.8) is 0 Å². The monoisotopic (exact) mass is 322 g/mol. The molecule has 1 aliphatic heterocycles. The van der Waals surface area contributed by atoms with Crippen molar-refractivity contribution in [2.75, 3.05) is 46.5 Å². The summed E-state index contributed by atoms with van der Waals surface area (Å²) in [4.78, 5) is 15.8. The fourth-order valence-corrected chi connectivity index (χ4v) is 2.65. The van der Waals surface area contributed by atoms with Crippen LogP contribution in [0.3, 0.4) is 0 Å². The first-order chi connectivity index (χ1) is 11.2. The normalized spacial score (nSPS) is 15.3. The Morgan fingerprint density at radius 3 is 2.43 bits per heavy atom. The maximum atomic E-state index is 11.7. The molecule has 1 saturated heterocycles. The quantitative estimate of drug-likeness (QED) is 0.805. The van der Waals surface area contributed by atoms with E-state index in [1.807, 2.05) is 26.0 Å². The van der Waals surface area contributed by atoms with Crippen molar-refractivity contribution >= 4 is 6.09 Å². The Kier molecular flexibility index (Phi) is 6.52. The number of rotatable bonds is 6. The summed E-state index contributed by atoms with van der Waals surface area (Å²) in [6, 6.07) is 6.02. The Labute approximate surface area is 137 Å². The van der Waals surface area contributed by atoms with Crippen molar-refractivity contribution < 1.29 is 19.0 Å². The molecule has 1 aliphatic rings. The Balaban J connectivity index is 1.91. The van der Waals surface area contributed by atoms with Crippen LogP contribution in [0.25, 0.3) is 0 Å². The highest BCUT2D eigenvalue weighted by atomic mass is 16.6. The van der Waals surface area contributed by atoms with Gasteiger partial charge in [0, 0.05) is 32.7 Å². The fraction of sp³-hybridized carbons (Fsp3) is 0.588. The molecular weight excluding hydrogens is 296 g/mol. The van der Waals surface area contributed by atoms with Crippen LogP contribution in [0.1, 0.15) is 19.4 Å². The van der Waals surface area contributed by atoms with Crippen LogP contribution in [-0.4, -0.2) is 62.4 Å². The minimum Gasteiger partial charge on any atom is -0.493 e. The van der Waals surface area contributed by atoms with Gasteiger partial charge in [-0.15, -0.1) is 0 Å². The van der Waals surface area contributed by atoms with Gasteiger partial charge in [-0.25, -0.2) is 4.79 Å². The van der Waals surface area contributed by atoms with Crippen molar-refractivity contribution in [2.45, 2.75) is 20.4 Å². The van der Waals surface area contributed by atoms with Gasteiger partial charge in [-0.05, 0) is 31.5 Å². The smallest absolute Gasteiger partial charge is 0.409 e. The SMILES string of the molecule is CCOC(=O)N1CCN(Cc2ccc(OC)c(OCC)c2)CC1. The van der Waals surface area contributed by atoms with Gasteiger partial charge in [0.1, 0.15) is 0 Å². The molecule has 0 aliphatic carbocycles. The van der Waals surface area contributed by atoms with Crippen LogP contribution in [-0.2, 0) is 11.3 Å². The number of ether oxygens (including phenoxy) is 3. The number of amides is 1. The van der Waals surface area contributed by atoms with Gasteiger partial charge in [-0.3, -0.25) is 4.90 Å². The highest BCUT2D eigenvalue weighted by Gasteiger charge is 2.22. The lowest BCUT2D eigenvalue weighted by atomic mass is 10.1. The lowest BCUT2D eigenvalue weighted by Crippen LogP contribution is -2.48. The summed E-state index contributed by atoms with van der Waals surface area (Å²) in [7, 11) is 1.64. The van der Waals surface area contributed by atoms with Crippen molar-refractivity contribution in [2.24, 2.45) is 0 Å². The zero-order valence-electron chi connectivity index (χ0n) is 14.2. The molecule has 23 heavy (non-hydrogen) atoms. The third-order valence-corrected chi connectivity index (χ3v) is 3.83. The number of nitrogens with zero attached hydrogens (tertiary/aromatic N) is 2. The maximum Gasteiger partial charge on any atom is 0.409 e. The first-order valence-electron chi connectivity index (χ1n) is 8.11. The van der Waals surface area contributed by atoms with E-state index in [1.165, 1.54) is 5.56 Å². The van der Waals surface area contributed by atoms with Crippen LogP contribution in [0.15, 0.2) is 18.2 Å². The number of hydrogen-bond donors (Lipinski definition) is 0. The molecule has 1 heterocycles. The van der Waals surface area contributed by atoms with Gasteiger partial charge < -0.3 is 19.1 Å². The van der Waals surface area contributed by atoms with Crippen molar-refractivity contribution in [3.8, 4) is 11.5 Å². The molecule has 0 saturated carbocycles. The minimum absolute atomic E-state index is 0.213. The molecule has 0 unspecified atom stereocenters. The molecule has 0 spiro atoms. The summed E-state index contributed by atoms with van der Waals surface area (Å²) in [5.41, 5.74) is 1.18. The summed E-state index contributed by atoms with van der Waals surface area (Å²) in [5.74, 6) is 1.53. The Bertz CT molecular complexity index is 513. The molecule has 1 amide bonds. The third-order valence-electron chi connectivity index (χ3n) is 3.83. The molecule has 0 aromatic heterocycles. The molecular formula is C17H26N2O4. The number of methoxy groups -OCH3 is 1. The van der Waals surface area contributed by atoms with Gasteiger partial charge in [-0.2, -0.15) is 0 Å². The summed E-state index contributed by atoms with van der Waals surface area (Å²) in [5, 5.41) is 0. The van der Waals surface area contributed by atoms with E-state index in [0.29, 0.717) is 26.3 Å². The van der Waals surface area contributed by atoms with Crippen LogP contribution >= 0.6 is 0 Å². The third kappa shape index (κ3) is 4.76. The van der Waals surface area contributed by atoms with Crippen LogP contribution < -0.4 is 9.47 Å². The number of benzene rings is 1. The van der Waals surface area contributed by atoms with Crippen LogP contribution in [0.2, 0.25) is 0 Å². The van der Waals surface area contributed by atoms with Crippen LogP contribution in [0.4, 0.5) is 4.79 Å². The highest BCUT2D eigenvalue weighted by molar-refractivity contribution is 5.67. The number of hydrogen-bond acceptors (Lipinski definition) is 5. The Morgan fingerprint density at radius 1 is 1.09 bits per heavy atom. The maximum absolute atomic E-state index is 11.7. The second kappa shape index (κ2) is 8.62. The first-order valence-corrected chi connectivity index (χ1v) is 8.11. The topological polar surface area (TPSA) is 51.2 Å². The van der Waals surface area contributed by atoms with Gasteiger partial charge in [0.15, 0.2) is 11.5 Å². The number of carbonyl (C=O) groups excluding carboxylic acids is 1. The van der Waals surface area contributed by atoms with E-state index < -0.39 is 0 Å². The molecule has 0 radical (unpaired) electrons. The number of piperazine rings is 1. The average Bonchev–Trinajstić information content (AvgIpc) is 2.56. The molecule has 1 fully saturated rings. The summed E-state index contributed by atoms with van der Waals surface area (Å²) in [6.45, 7) is 8.74. The number of carbonyl (C=O) groups is 1. The zero-order chi connectivity index (χ0) is 16.7. The first kappa shape index (κ1) is 17.4. The Morgan fingerprint density at radius 2 is 1.83 bits per heavy atom. The van der Waals surface area contributed by atoms with E-state index >= 15 is 0 Å². The molecule has 0 bridgehead atoms. The summed E-state index contributed by atoms with van der Waals surface area (Å²) in [6.07, 6.45) is -0.213. The van der Waals surface area contributed by atoms with Crippen molar-refractivity contribution in [1.82, 2.24) is 9.80 Å². The standard InChI is InChI=1S/C17H26N2O4/c1-4-22-16-12-14(6-7-15(16)21-3)13-18-8-10-19(11-9-18)17(20)23-5-2/h6-7,12H,4-5,8-11,13H2,1-3H3. The van der Waals surface area contributed by atoms with Crippen LogP contribution in [0, 0.1) is 0 Å². The van der Waals surface area contributed by atoms with Gasteiger partial charge in [0.05, 0.1) is 20.3 Å². The van der Waals surface area contributed by atoms with E-state index in [0.717, 1.165) is 31.1 Å². The van der Waals surface area contributed by atoms with E-state index in [2.05, 4.69) is 11.0 Å². The van der Waals surface area contributed by atoms with Gasteiger partial charge in [0.2, 0.25) is 0 Å². The van der Waals surface area contributed by atoms with Crippen molar-refractivity contribution in [3.05, 3.63) is 23.8 Å². The molecule has 0 N–H and O–H groups in total. The second-order valence-corrected chi connectivity index (χ2v) is 5.38. The molecule has 0 atom stereocenters. The second-order valence-electron chi connectivity index (χ2n) is 5.38. The van der Waals surface area contributed by atoms with E-state index in [4.69, 9.17) is 14.2 Å². The lowest BCUT2D eigenvalue weighted by molar-refractivity contribution is 0.0778. The van der Waals surface area contributed by atoms with E-state index in [9.17, 15) is 4.79 Å². The van der Waals surface area contributed by atoms with E-state index in [-0.39, 0.29) is 6.09 Å². The molecule has 1 aromatic rings. The van der Waals surface area contributed by atoms with Crippen LogP contribution in [0.5, 0.6) is 11.5 Å². The van der Waals surface area contributed by atoms with Crippen molar-refractivity contribution in [1.29, 1.82) is 0 Å². The largest absolute Gasteiger partial charge is 0.493 e. The zero-order valence-corrected chi connectivity index (χ0v) is 14.2. The highest BCUT2D eigenvalue weighted by Crippen LogP contribution is 2.28. The summed E-state index contributed by atoms with van der Waals surface area (Å²) >= 11 is 0.